The van der Waals surface area contributed by atoms with Gasteiger partial charge in [-0.25, -0.2) is 0 Å². The zero-order valence-corrected chi connectivity index (χ0v) is 12.2. The van der Waals surface area contributed by atoms with E-state index in [9.17, 15) is 14.7 Å². The summed E-state index contributed by atoms with van der Waals surface area (Å²) in [5.41, 5.74) is -0.778. The number of carboxylic acid groups (broad SMARTS) is 1. The SMILES string of the molecule is O=C(CC1(C(=O)O)CCC1)N1CCCC1c1cccs1. The molecule has 2 aliphatic rings. The van der Waals surface area contributed by atoms with Crippen LogP contribution in [0.25, 0.3) is 0 Å². The van der Waals surface area contributed by atoms with E-state index in [0.717, 1.165) is 25.8 Å². The second-order valence-electron chi connectivity index (χ2n) is 5.88. The zero-order chi connectivity index (χ0) is 14.2. The van der Waals surface area contributed by atoms with Crippen molar-refractivity contribution >= 4 is 23.2 Å². The van der Waals surface area contributed by atoms with Crippen molar-refractivity contribution in [1.29, 1.82) is 0 Å². The summed E-state index contributed by atoms with van der Waals surface area (Å²) in [4.78, 5) is 27.0. The number of hydrogen-bond donors (Lipinski definition) is 1. The van der Waals surface area contributed by atoms with Crippen molar-refractivity contribution < 1.29 is 14.7 Å². The fraction of sp³-hybridized carbons (Fsp3) is 0.600. The highest BCUT2D eigenvalue weighted by molar-refractivity contribution is 7.10. The Morgan fingerprint density at radius 1 is 1.40 bits per heavy atom. The molecule has 108 valence electrons. The topological polar surface area (TPSA) is 57.6 Å². The number of carbonyl (C=O) groups is 2. The maximum Gasteiger partial charge on any atom is 0.310 e. The van der Waals surface area contributed by atoms with E-state index < -0.39 is 11.4 Å². The average molecular weight is 293 g/mol. The molecule has 1 unspecified atom stereocenters. The number of carbonyl (C=O) groups excluding carboxylic acids is 1. The minimum absolute atomic E-state index is 0.0167. The largest absolute Gasteiger partial charge is 0.481 e. The molecular formula is C15H19NO3S. The minimum Gasteiger partial charge on any atom is -0.481 e. The van der Waals surface area contributed by atoms with Gasteiger partial charge in [-0.05, 0) is 37.1 Å². The van der Waals surface area contributed by atoms with Crippen LogP contribution in [0.4, 0.5) is 0 Å². The van der Waals surface area contributed by atoms with E-state index in [1.54, 1.807) is 11.3 Å². The molecule has 2 heterocycles. The summed E-state index contributed by atoms with van der Waals surface area (Å²) >= 11 is 1.68. The standard InChI is InChI=1S/C15H19NO3S/c17-13(10-15(14(18)19)6-3-7-15)16-8-1-4-11(16)12-5-2-9-20-12/h2,5,9,11H,1,3-4,6-8,10H2,(H,18,19). The third-order valence-corrected chi connectivity index (χ3v) is 5.67. The summed E-state index contributed by atoms with van der Waals surface area (Å²) < 4.78 is 0. The van der Waals surface area contributed by atoms with E-state index in [1.807, 2.05) is 16.3 Å². The third kappa shape index (κ3) is 2.24. The van der Waals surface area contributed by atoms with Crippen LogP contribution in [-0.4, -0.2) is 28.4 Å². The lowest BCUT2D eigenvalue weighted by molar-refractivity contribution is -0.159. The lowest BCUT2D eigenvalue weighted by Crippen LogP contribution is -2.43. The van der Waals surface area contributed by atoms with E-state index >= 15 is 0 Å². The molecule has 1 atom stereocenters. The Balaban J connectivity index is 1.72. The van der Waals surface area contributed by atoms with Crippen LogP contribution in [0.2, 0.25) is 0 Å². The molecule has 0 aromatic carbocycles. The number of aliphatic carboxylic acids is 1. The molecule has 1 aromatic rings. The van der Waals surface area contributed by atoms with Crippen LogP contribution in [0.15, 0.2) is 17.5 Å². The molecule has 1 saturated heterocycles. The lowest BCUT2D eigenvalue weighted by Gasteiger charge is -2.38. The summed E-state index contributed by atoms with van der Waals surface area (Å²) in [6.45, 7) is 0.761. The Bertz CT molecular complexity index is 507. The van der Waals surface area contributed by atoms with Crippen molar-refractivity contribution in [3.63, 3.8) is 0 Å². The zero-order valence-electron chi connectivity index (χ0n) is 11.4. The molecule has 1 aliphatic carbocycles. The van der Waals surface area contributed by atoms with Crippen molar-refractivity contribution in [2.45, 2.75) is 44.6 Å². The molecule has 20 heavy (non-hydrogen) atoms. The van der Waals surface area contributed by atoms with E-state index in [-0.39, 0.29) is 18.4 Å². The maximum atomic E-state index is 12.5. The smallest absolute Gasteiger partial charge is 0.310 e. The first kappa shape index (κ1) is 13.6. The molecule has 5 heteroatoms. The van der Waals surface area contributed by atoms with Gasteiger partial charge in [0.2, 0.25) is 5.91 Å². The Morgan fingerprint density at radius 2 is 2.20 bits per heavy atom. The number of nitrogens with zero attached hydrogens (tertiary/aromatic N) is 1. The predicted octanol–water partition coefficient (Wildman–Crippen LogP) is 3.06. The molecule has 0 spiro atoms. The number of thiophene rings is 1. The molecule has 4 nitrogen and oxygen atoms in total. The Labute approximate surface area is 122 Å². The highest BCUT2D eigenvalue weighted by atomic mass is 32.1. The monoisotopic (exact) mass is 293 g/mol. The highest BCUT2D eigenvalue weighted by Gasteiger charge is 2.47. The lowest BCUT2D eigenvalue weighted by atomic mass is 9.66. The van der Waals surface area contributed by atoms with E-state index in [0.29, 0.717) is 12.8 Å². The number of amides is 1. The molecule has 2 fully saturated rings. The van der Waals surface area contributed by atoms with Crippen molar-refractivity contribution in [3.8, 4) is 0 Å². The first-order valence-electron chi connectivity index (χ1n) is 7.19. The Morgan fingerprint density at radius 3 is 2.75 bits per heavy atom. The number of hydrogen-bond acceptors (Lipinski definition) is 3. The van der Waals surface area contributed by atoms with Crippen LogP contribution < -0.4 is 0 Å². The predicted molar refractivity (Wildman–Crippen MR) is 76.5 cm³/mol. The van der Waals surface area contributed by atoms with Crippen LogP contribution >= 0.6 is 11.3 Å². The molecule has 0 radical (unpaired) electrons. The molecule has 3 rings (SSSR count). The van der Waals surface area contributed by atoms with Gasteiger partial charge in [-0.3, -0.25) is 9.59 Å². The molecule has 1 aliphatic heterocycles. The van der Waals surface area contributed by atoms with Crippen molar-refractivity contribution in [2.24, 2.45) is 5.41 Å². The van der Waals surface area contributed by atoms with E-state index in [4.69, 9.17) is 0 Å². The first-order valence-corrected chi connectivity index (χ1v) is 8.07. The maximum absolute atomic E-state index is 12.5. The van der Waals surface area contributed by atoms with Crippen LogP contribution in [0.3, 0.4) is 0 Å². The quantitative estimate of drug-likeness (QED) is 0.928. The van der Waals surface area contributed by atoms with Gasteiger partial charge in [0.05, 0.1) is 11.5 Å². The Hall–Kier alpha value is -1.36. The average Bonchev–Trinajstić information content (AvgIpc) is 3.01. The fourth-order valence-corrected chi connectivity index (χ4v) is 4.18. The van der Waals surface area contributed by atoms with Gasteiger partial charge in [-0.15, -0.1) is 11.3 Å². The summed E-state index contributed by atoms with van der Waals surface area (Å²) in [6, 6.07) is 4.23. The van der Waals surface area contributed by atoms with Crippen LogP contribution in [-0.2, 0) is 9.59 Å². The first-order chi connectivity index (χ1) is 9.62. The molecule has 0 bridgehead atoms. The molecule has 1 saturated carbocycles. The summed E-state index contributed by atoms with van der Waals surface area (Å²) in [5, 5.41) is 11.4. The second kappa shape index (κ2) is 5.20. The van der Waals surface area contributed by atoms with Gasteiger partial charge in [0, 0.05) is 17.8 Å². The van der Waals surface area contributed by atoms with Gasteiger partial charge in [0.25, 0.3) is 0 Å². The molecule has 1 N–H and O–H groups in total. The Kier molecular flexibility index (Phi) is 3.54. The fourth-order valence-electron chi connectivity index (χ4n) is 3.30. The normalized spacial score (nSPS) is 24.4. The van der Waals surface area contributed by atoms with E-state index in [2.05, 4.69) is 6.07 Å². The van der Waals surface area contributed by atoms with Gasteiger partial charge in [0.1, 0.15) is 0 Å². The summed E-state index contributed by atoms with van der Waals surface area (Å²) in [6.07, 6.45) is 4.38. The summed E-state index contributed by atoms with van der Waals surface area (Å²) in [7, 11) is 0. The van der Waals surface area contributed by atoms with Crippen LogP contribution in [0, 0.1) is 5.41 Å². The van der Waals surface area contributed by atoms with Crippen molar-refractivity contribution in [3.05, 3.63) is 22.4 Å². The molecule has 1 amide bonds. The van der Waals surface area contributed by atoms with Gasteiger partial charge < -0.3 is 10.0 Å². The van der Waals surface area contributed by atoms with Gasteiger partial charge in [-0.1, -0.05) is 12.5 Å². The highest BCUT2D eigenvalue weighted by Crippen LogP contribution is 2.46. The minimum atomic E-state index is -0.802. The van der Waals surface area contributed by atoms with Gasteiger partial charge >= 0.3 is 5.97 Å². The number of likely N-dealkylation sites (tertiary alicyclic amines) is 1. The third-order valence-electron chi connectivity index (χ3n) is 4.70. The van der Waals surface area contributed by atoms with Crippen molar-refractivity contribution in [1.82, 2.24) is 4.90 Å². The number of rotatable bonds is 4. The van der Waals surface area contributed by atoms with Crippen LogP contribution in [0.5, 0.6) is 0 Å². The summed E-state index contributed by atoms with van der Waals surface area (Å²) in [5.74, 6) is -0.785. The number of carboxylic acids is 1. The molecular weight excluding hydrogens is 274 g/mol. The van der Waals surface area contributed by atoms with Crippen molar-refractivity contribution in [2.75, 3.05) is 6.54 Å². The van der Waals surface area contributed by atoms with Gasteiger partial charge in [-0.2, -0.15) is 0 Å². The molecule has 1 aromatic heterocycles. The second-order valence-corrected chi connectivity index (χ2v) is 6.86. The van der Waals surface area contributed by atoms with Crippen LogP contribution in [0.1, 0.15) is 49.4 Å². The van der Waals surface area contributed by atoms with Gasteiger partial charge in [0.15, 0.2) is 0 Å². The van der Waals surface area contributed by atoms with E-state index in [1.165, 1.54) is 4.88 Å².